The Labute approximate surface area is 126 Å². The van der Waals surface area contributed by atoms with Gasteiger partial charge in [0.1, 0.15) is 5.82 Å². The largest absolute Gasteiger partial charge is 0.395 e. The van der Waals surface area contributed by atoms with Gasteiger partial charge in [0.25, 0.3) is 0 Å². The monoisotopic (exact) mass is 288 g/mol. The lowest BCUT2D eigenvalue weighted by atomic mass is 10.1. The molecule has 112 valence electrons. The van der Waals surface area contributed by atoms with Gasteiger partial charge in [0.2, 0.25) is 0 Å². The first kappa shape index (κ1) is 17.2. The smallest absolute Gasteiger partial charge is 0.138 e. The van der Waals surface area contributed by atoms with Crippen molar-refractivity contribution < 1.29 is 9.50 Å². The van der Waals surface area contributed by atoms with Crippen LogP contribution in [0.15, 0.2) is 18.2 Å². The SMILES string of the molecule is CCN(Cc1ccc(F)c(C#CCCO)c1)CC(C)C#N. The molecule has 0 spiro atoms. The van der Waals surface area contributed by atoms with Crippen LogP contribution < -0.4 is 0 Å². The van der Waals surface area contributed by atoms with Crippen molar-refractivity contribution in [2.24, 2.45) is 5.92 Å². The Morgan fingerprint density at radius 3 is 2.81 bits per heavy atom. The number of hydrogen-bond donors (Lipinski definition) is 1. The fourth-order valence-electron chi connectivity index (χ4n) is 1.97. The second-order valence-electron chi connectivity index (χ2n) is 4.95. The molecule has 4 heteroatoms. The summed E-state index contributed by atoms with van der Waals surface area (Å²) in [6, 6.07) is 7.12. The van der Waals surface area contributed by atoms with Crippen LogP contribution in [0.5, 0.6) is 0 Å². The number of benzene rings is 1. The van der Waals surface area contributed by atoms with Crippen molar-refractivity contribution in [1.29, 1.82) is 5.26 Å². The van der Waals surface area contributed by atoms with E-state index in [4.69, 9.17) is 10.4 Å². The van der Waals surface area contributed by atoms with Gasteiger partial charge in [-0.1, -0.05) is 24.8 Å². The van der Waals surface area contributed by atoms with E-state index >= 15 is 0 Å². The zero-order valence-corrected chi connectivity index (χ0v) is 12.6. The van der Waals surface area contributed by atoms with Crippen molar-refractivity contribution >= 4 is 0 Å². The van der Waals surface area contributed by atoms with Gasteiger partial charge in [-0.05, 0) is 31.2 Å². The third-order valence-corrected chi connectivity index (χ3v) is 3.10. The highest BCUT2D eigenvalue weighted by Crippen LogP contribution is 2.13. The van der Waals surface area contributed by atoms with Crippen molar-refractivity contribution in [1.82, 2.24) is 4.90 Å². The number of hydrogen-bond acceptors (Lipinski definition) is 3. The van der Waals surface area contributed by atoms with Crippen LogP contribution in [0.4, 0.5) is 4.39 Å². The van der Waals surface area contributed by atoms with E-state index < -0.39 is 0 Å². The van der Waals surface area contributed by atoms with Crippen LogP contribution in [-0.4, -0.2) is 29.7 Å². The lowest BCUT2D eigenvalue weighted by Crippen LogP contribution is -2.27. The topological polar surface area (TPSA) is 47.3 Å². The van der Waals surface area contributed by atoms with E-state index in [-0.39, 0.29) is 18.3 Å². The molecular weight excluding hydrogens is 267 g/mol. The second kappa shape index (κ2) is 9.13. The van der Waals surface area contributed by atoms with Gasteiger partial charge >= 0.3 is 0 Å². The lowest BCUT2D eigenvalue weighted by Gasteiger charge is -2.21. The van der Waals surface area contributed by atoms with Gasteiger partial charge in [0.05, 0.1) is 24.2 Å². The number of rotatable bonds is 6. The Morgan fingerprint density at radius 2 is 2.19 bits per heavy atom. The number of halogens is 1. The molecule has 0 aromatic heterocycles. The van der Waals surface area contributed by atoms with Gasteiger partial charge in [0.15, 0.2) is 0 Å². The Morgan fingerprint density at radius 1 is 1.43 bits per heavy atom. The van der Waals surface area contributed by atoms with E-state index in [0.29, 0.717) is 25.1 Å². The number of nitrogens with zero attached hydrogens (tertiary/aromatic N) is 2. The first-order valence-corrected chi connectivity index (χ1v) is 7.10. The van der Waals surface area contributed by atoms with E-state index in [2.05, 4.69) is 22.8 Å². The van der Waals surface area contributed by atoms with Gasteiger partial charge in [-0.2, -0.15) is 5.26 Å². The quantitative estimate of drug-likeness (QED) is 0.818. The Kier molecular flexibility index (Phi) is 7.46. The highest BCUT2D eigenvalue weighted by atomic mass is 19.1. The summed E-state index contributed by atoms with van der Waals surface area (Å²) < 4.78 is 13.7. The summed E-state index contributed by atoms with van der Waals surface area (Å²) in [6.07, 6.45) is 0.338. The van der Waals surface area contributed by atoms with Crippen LogP contribution in [0.2, 0.25) is 0 Å². The Balaban J connectivity index is 2.82. The molecule has 1 rings (SSSR count). The maximum Gasteiger partial charge on any atom is 0.138 e. The predicted octanol–water partition coefficient (Wildman–Crippen LogP) is 2.54. The van der Waals surface area contributed by atoms with Crippen LogP contribution in [0.25, 0.3) is 0 Å². The van der Waals surface area contributed by atoms with E-state index in [0.717, 1.165) is 12.1 Å². The van der Waals surface area contributed by atoms with Crippen molar-refractivity contribution in [2.75, 3.05) is 19.7 Å². The van der Waals surface area contributed by atoms with Crippen LogP contribution in [0.1, 0.15) is 31.4 Å². The van der Waals surface area contributed by atoms with Gasteiger partial charge in [-0.15, -0.1) is 0 Å². The average molecular weight is 288 g/mol. The van der Waals surface area contributed by atoms with Gasteiger partial charge in [-0.25, -0.2) is 4.39 Å². The summed E-state index contributed by atoms with van der Waals surface area (Å²) in [5.41, 5.74) is 1.32. The molecule has 1 unspecified atom stereocenters. The Hall–Kier alpha value is -1.88. The summed E-state index contributed by atoms with van der Waals surface area (Å²) in [6.45, 7) is 6.08. The maximum atomic E-state index is 13.7. The molecule has 0 bridgehead atoms. The van der Waals surface area contributed by atoms with E-state index in [1.807, 2.05) is 13.8 Å². The molecule has 0 aliphatic heterocycles. The number of nitriles is 1. The zero-order chi connectivity index (χ0) is 15.7. The third-order valence-electron chi connectivity index (χ3n) is 3.10. The summed E-state index contributed by atoms with van der Waals surface area (Å²) in [7, 11) is 0. The van der Waals surface area contributed by atoms with Crippen LogP contribution >= 0.6 is 0 Å². The Bertz CT molecular complexity index is 554. The summed E-state index contributed by atoms with van der Waals surface area (Å²) in [4.78, 5) is 2.14. The molecule has 0 radical (unpaired) electrons. The predicted molar refractivity (Wildman–Crippen MR) is 80.7 cm³/mol. The summed E-state index contributed by atoms with van der Waals surface area (Å²) in [5, 5.41) is 17.6. The maximum absolute atomic E-state index is 13.7. The number of aliphatic hydroxyl groups is 1. The fourth-order valence-corrected chi connectivity index (χ4v) is 1.97. The van der Waals surface area contributed by atoms with Crippen molar-refractivity contribution in [3.63, 3.8) is 0 Å². The molecule has 3 nitrogen and oxygen atoms in total. The normalized spacial score (nSPS) is 11.6. The zero-order valence-electron chi connectivity index (χ0n) is 12.6. The highest BCUT2D eigenvalue weighted by Gasteiger charge is 2.10. The molecule has 1 N–H and O–H groups in total. The van der Waals surface area contributed by atoms with Gasteiger partial charge < -0.3 is 5.11 Å². The van der Waals surface area contributed by atoms with E-state index in [1.54, 1.807) is 12.1 Å². The minimum atomic E-state index is -0.349. The second-order valence-corrected chi connectivity index (χ2v) is 4.95. The molecule has 21 heavy (non-hydrogen) atoms. The fraction of sp³-hybridized carbons (Fsp3) is 0.471. The highest BCUT2D eigenvalue weighted by molar-refractivity contribution is 5.38. The van der Waals surface area contributed by atoms with Crippen molar-refractivity contribution in [3.05, 3.63) is 35.1 Å². The number of aliphatic hydroxyl groups excluding tert-OH is 1. The van der Waals surface area contributed by atoms with E-state index in [1.165, 1.54) is 6.07 Å². The minimum Gasteiger partial charge on any atom is -0.395 e. The molecule has 0 fully saturated rings. The molecule has 0 saturated heterocycles. The van der Waals surface area contributed by atoms with Crippen molar-refractivity contribution in [3.8, 4) is 17.9 Å². The molecule has 0 heterocycles. The third kappa shape index (κ3) is 5.95. The van der Waals surface area contributed by atoms with Crippen LogP contribution in [-0.2, 0) is 6.54 Å². The van der Waals surface area contributed by atoms with Crippen LogP contribution in [0.3, 0.4) is 0 Å². The molecule has 1 aromatic carbocycles. The van der Waals surface area contributed by atoms with E-state index in [9.17, 15) is 4.39 Å². The lowest BCUT2D eigenvalue weighted by molar-refractivity contribution is 0.260. The van der Waals surface area contributed by atoms with Gasteiger partial charge in [0, 0.05) is 19.5 Å². The molecular formula is C17H21FN2O. The van der Waals surface area contributed by atoms with Crippen LogP contribution in [0, 0.1) is 34.9 Å². The molecule has 0 aliphatic rings. The first-order valence-electron chi connectivity index (χ1n) is 7.10. The standard InChI is InChI=1S/C17H21FN2O/c1-3-20(12-14(2)11-19)13-15-7-8-17(18)16(10-15)6-4-5-9-21/h7-8,10,14,21H,3,5,9,12-13H2,1-2H3. The summed E-state index contributed by atoms with van der Waals surface area (Å²) in [5.74, 6) is 5.09. The first-order chi connectivity index (χ1) is 10.1. The molecule has 1 aromatic rings. The summed E-state index contributed by atoms with van der Waals surface area (Å²) >= 11 is 0. The molecule has 0 amide bonds. The molecule has 0 aliphatic carbocycles. The van der Waals surface area contributed by atoms with Gasteiger partial charge in [-0.3, -0.25) is 4.90 Å². The molecule has 0 saturated carbocycles. The van der Waals surface area contributed by atoms with Crippen molar-refractivity contribution in [2.45, 2.75) is 26.8 Å². The minimum absolute atomic E-state index is 0.0238. The molecule has 1 atom stereocenters. The average Bonchev–Trinajstić information content (AvgIpc) is 2.49.